The van der Waals surface area contributed by atoms with E-state index in [0.717, 1.165) is 30.2 Å². The molecule has 0 N–H and O–H groups in total. The van der Waals surface area contributed by atoms with Crippen molar-refractivity contribution >= 4 is 5.97 Å². The summed E-state index contributed by atoms with van der Waals surface area (Å²) in [5.41, 5.74) is 0.955. The third-order valence-electron chi connectivity index (χ3n) is 7.61. The van der Waals surface area contributed by atoms with Crippen LogP contribution in [-0.4, -0.2) is 5.97 Å². The summed E-state index contributed by atoms with van der Waals surface area (Å²) in [5, 5.41) is 0. The Labute approximate surface area is 196 Å². The molecule has 0 radical (unpaired) electrons. The summed E-state index contributed by atoms with van der Waals surface area (Å²) in [7, 11) is 0. The summed E-state index contributed by atoms with van der Waals surface area (Å²) in [6.07, 6.45) is 20.5. The SMILES string of the molecule is CCCCCC1CCC(C(=O)Oc2ccc(C#CC=CC3CCC(CC)CC3)cc2)CC1. The molecule has 0 atom stereocenters. The van der Waals surface area contributed by atoms with Gasteiger partial charge in [-0.25, -0.2) is 0 Å². The van der Waals surface area contributed by atoms with E-state index in [9.17, 15) is 4.79 Å². The third kappa shape index (κ3) is 8.16. The van der Waals surface area contributed by atoms with E-state index in [1.165, 1.54) is 70.6 Å². The summed E-state index contributed by atoms with van der Waals surface area (Å²) in [4.78, 5) is 12.6. The summed E-state index contributed by atoms with van der Waals surface area (Å²) in [6, 6.07) is 7.63. The van der Waals surface area contributed by atoms with Gasteiger partial charge in [0.2, 0.25) is 0 Å². The zero-order valence-electron chi connectivity index (χ0n) is 20.3. The molecule has 3 rings (SSSR count). The molecule has 0 aliphatic heterocycles. The number of ether oxygens (including phenoxy) is 1. The molecule has 0 spiro atoms. The number of carbonyl (C=O) groups is 1. The van der Waals surface area contributed by atoms with Gasteiger partial charge in [0, 0.05) is 5.56 Å². The van der Waals surface area contributed by atoms with Gasteiger partial charge in [-0.15, -0.1) is 0 Å². The Hall–Kier alpha value is -2.01. The number of carbonyl (C=O) groups excluding carboxylic acids is 1. The number of hydrogen-bond donors (Lipinski definition) is 0. The zero-order chi connectivity index (χ0) is 22.6. The molecule has 2 saturated carbocycles. The van der Waals surface area contributed by atoms with Gasteiger partial charge in [0.05, 0.1) is 5.92 Å². The van der Waals surface area contributed by atoms with Crippen molar-refractivity contribution < 1.29 is 9.53 Å². The van der Waals surface area contributed by atoms with E-state index in [1.54, 1.807) is 0 Å². The van der Waals surface area contributed by atoms with Gasteiger partial charge < -0.3 is 4.74 Å². The molecule has 2 fully saturated rings. The summed E-state index contributed by atoms with van der Waals surface area (Å²) in [6.45, 7) is 4.56. The normalized spacial score (nSPS) is 25.8. The van der Waals surface area contributed by atoms with E-state index >= 15 is 0 Å². The highest BCUT2D eigenvalue weighted by Crippen LogP contribution is 2.33. The summed E-state index contributed by atoms with van der Waals surface area (Å²) in [5.74, 6) is 9.44. The summed E-state index contributed by atoms with van der Waals surface area (Å²) >= 11 is 0. The number of unbranched alkanes of at least 4 members (excludes halogenated alkanes) is 2. The fraction of sp³-hybridized carbons (Fsp3) is 0.633. The molecular weight excluding hydrogens is 392 g/mol. The lowest BCUT2D eigenvalue weighted by atomic mass is 9.80. The lowest BCUT2D eigenvalue weighted by molar-refractivity contribution is -0.140. The molecule has 0 heterocycles. The van der Waals surface area contributed by atoms with Gasteiger partial charge in [-0.3, -0.25) is 4.79 Å². The standard InChI is InChI=1S/C30H42O2/c1-3-5-6-9-26-16-20-28(21-17-26)30(31)32-29-22-18-27(19-23-29)11-8-7-10-25-14-12-24(4-2)13-15-25/h7,10,18-19,22-26,28H,3-6,9,12-17,20-21H2,1-2H3. The molecule has 2 aliphatic carbocycles. The quantitative estimate of drug-likeness (QED) is 0.179. The van der Waals surface area contributed by atoms with Crippen molar-refractivity contribution in [2.75, 3.05) is 0 Å². The molecule has 32 heavy (non-hydrogen) atoms. The minimum Gasteiger partial charge on any atom is -0.426 e. The van der Waals surface area contributed by atoms with Crippen LogP contribution in [-0.2, 0) is 4.79 Å². The van der Waals surface area contributed by atoms with Crippen LogP contribution in [0.1, 0.15) is 103 Å². The monoisotopic (exact) mass is 434 g/mol. The Morgan fingerprint density at radius 1 is 0.938 bits per heavy atom. The Balaban J connectivity index is 1.39. The molecule has 174 valence electrons. The second-order valence-corrected chi connectivity index (χ2v) is 9.98. The highest BCUT2D eigenvalue weighted by molar-refractivity contribution is 5.75. The van der Waals surface area contributed by atoms with E-state index in [1.807, 2.05) is 30.3 Å². The molecule has 0 aromatic heterocycles. The maximum Gasteiger partial charge on any atom is 0.314 e. The molecule has 2 heteroatoms. The van der Waals surface area contributed by atoms with Gasteiger partial charge in [0.1, 0.15) is 5.75 Å². The Morgan fingerprint density at radius 2 is 1.62 bits per heavy atom. The number of esters is 1. The van der Waals surface area contributed by atoms with Gasteiger partial charge in [-0.05, 0) is 99.5 Å². The van der Waals surface area contributed by atoms with Gasteiger partial charge in [0.15, 0.2) is 0 Å². The van der Waals surface area contributed by atoms with Crippen molar-refractivity contribution in [2.45, 2.75) is 97.3 Å². The molecule has 1 aromatic carbocycles. The average molecular weight is 435 g/mol. The van der Waals surface area contributed by atoms with E-state index < -0.39 is 0 Å². The Morgan fingerprint density at radius 3 is 2.28 bits per heavy atom. The Bertz CT molecular complexity index is 763. The van der Waals surface area contributed by atoms with Crippen LogP contribution in [0.3, 0.4) is 0 Å². The van der Waals surface area contributed by atoms with Crippen molar-refractivity contribution in [3.63, 3.8) is 0 Å². The minimum atomic E-state index is -0.0587. The first-order chi connectivity index (χ1) is 15.7. The lowest BCUT2D eigenvalue weighted by Crippen LogP contribution is -2.25. The molecule has 1 aromatic rings. The molecule has 2 nitrogen and oxygen atoms in total. The number of benzene rings is 1. The predicted octanol–water partition coefficient (Wildman–Crippen LogP) is 8.10. The third-order valence-corrected chi connectivity index (χ3v) is 7.61. The molecule has 0 saturated heterocycles. The van der Waals surface area contributed by atoms with Crippen molar-refractivity contribution in [3.05, 3.63) is 42.0 Å². The predicted molar refractivity (Wildman–Crippen MR) is 133 cm³/mol. The van der Waals surface area contributed by atoms with E-state index in [2.05, 4.69) is 31.8 Å². The topological polar surface area (TPSA) is 26.3 Å². The first-order valence-corrected chi connectivity index (χ1v) is 13.2. The first kappa shape index (κ1) is 24.6. The van der Waals surface area contributed by atoms with E-state index in [0.29, 0.717) is 11.7 Å². The molecule has 0 bridgehead atoms. The van der Waals surface area contributed by atoms with Crippen LogP contribution in [0.2, 0.25) is 0 Å². The van der Waals surface area contributed by atoms with Crippen LogP contribution in [0.25, 0.3) is 0 Å². The molecule has 0 unspecified atom stereocenters. The van der Waals surface area contributed by atoms with Crippen LogP contribution < -0.4 is 4.74 Å². The van der Waals surface area contributed by atoms with Crippen LogP contribution in [0.4, 0.5) is 0 Å². The van der Waals surface area contributed by atoms with Crippen LogP contribution in [0.15, 0.2) is 36.4 Å². The second-order valence-electron chi connectivity index (χ2n) is 9.98. The molecule has 2 aliphatic rings. The Kier molecular flexibility index (Phi) is 10.4. The number of rotatable bonds is 8. The van der Waals surface area contributed by atoms with Crippen LogP contribution in [0.5, 0.6) is 5.75 Å². The van der Waals surface area contributed by atoms with Crippen molar-refractivity contribution in [3.8, 4) is 17.6 Å². The summed E-state index contributed by atoms with van der Waals surface area (Å²) < 4.78 is 5.66. The fourth-order valence-corrected chi connectivity index (χ4v) is 5.27. The zero-order valence-corrected chi connectivity index (χ0v) is 20.3. The first-order valence-electron chi connectivity index (χ1n) is 13.2. The van der Waals surface area contributed by atoms with Gasteiger partial charge >= 0.3 is 5.97 Å². The van der Waals surface area contributed by atoms with E-state index in [4.69, 9.17) is 4.74 Å². The second kappa shape index (κ2) is 13.5. The van der Waals surface area contributed by atoms with Crippen LogP contribution >= 0.6 is 0 Å². The van der Waals surface area contributed by atoms with Gasteiger partial charge in [0.25, 0.3) is 0 Å². The number of hydrogen-bond acceptors (Lipinski definition) is 2. The maximum absolute atomic E-state index is 12.6. The largest absolute Gasteiger partial charge is 0.426 e. The lowest BCUT2D eigenvalue weighted by Gasteiger charge is -2.27. The fourth-order valence-electron chi connectivity index (χ4n) is 5.27. The molecule has 0 amide bonds. The van der Waals surface area contributed by atoms with Crippen molar-refractivity contribution in [1.29, 1.82) is 0 Å². The maximum atomic E-state index is 12.6. The minimum absolute atomic E-state index is 0.0587. The highest BCUT2D eigenvalue weighted by atomic mass is 16.5. The van der Waals surface area contributed by atoms with Gasteiger partial charge in [-0.2, -0.15) is 0 Å². The van der Waals surface area contributed by atoms with Gasteiger partial charge in [-0.1, -0.05) is 63.9 Å². The average Bonchev–Trinajstić information content (AvgIpc) is 2.84. The van der Waals surface area contributed by atoms with E-state index in [-0.39, 0.29) is 11.9 Å². The molecular formula is C30H42O2. The number of allylic oxidation sites excluding steroid dienone is 2. The van der Waals surface area contributed by atoms with Crippen molar-refractivity contribution in [2.24, 2.45) is 23.7 Å². The highest BCUT2D eigenvalue weighted by Gasteiger charge is 2.27. The van der Waals surface area contributed by atoms with Crippen LogP contribution in [0, 0.1) is 35.5 Å². The van der Waals surface area contributed by atoms with Crippen molar-refractivity contribution in [1.82, 2.24) is 0 Å². The smallest absolute Gasteiger partial charge is 0.314 e.